The van der Waals surface area contributed by atoms with Gasteiger partial charge in [-0.15, -0.1) is 0 Å². The van der Waals surface area contributed by atoms with E-state index in [2.05, 4.69) is 10.3 Å². The highest BCUT2D eigenvalue weighted by Gasteiger charge is 2.21. The van der Waals surface area contributed by atoms with Gasteiger partial charge in [0.25, 0.3) is 5.91 Å². The van der Waals surface area contributed by atoms with Gasteiger partial charge in [0, 0.05) is 11.3 Å². The predicted octanol–water partition coefficient (Wildman–Crippen LogP) is 3.63. The lowest BCUT2D eigenvalue weighted by Gasteiger charge is -2.14. The Hall–Kier alpha value is -2.36. The molecule has 0 aliphatic carbocycles. The Balaban J connectivity index is 2.21. The van der Waals surface area contributed by atoms with E-state index in [1.165, 1.54) is 12.5 Å². The molecule has 0 saturated heterocycles. The summed E-state index contributed by atoms with van der Waals surface area (Å²) in [6, 6.07) is 7.96. The maximum absolute atomic E-state index is 12.5. The molecule has 1 heterocycles. The number of aromatic amines is 1. The average Bonchev–Trinajstić information content (AvgIpc) is 2.74. The van der Waals surface area contributed by atoms with Gasteiger partial charge in [0.1, 0.15) is 5.69 Å². The Bertz CT molecular complexity index is 711. The van der Waals surface area contributed by atoms with E-state index in [1.54, 1.807) is 6.92 Å². The molecule has 0 aliphatic rings. The third kappa shape index (κ3) is 3.11. The number of amides is 1. The largest absolute Gasteiger partial charge is 0.354 e. The highest BCUT2D eigenvalue weighted by Crippen LogP contribution is 2.20. The summed E-state index contributed by atoms with van der Waals surface area (Å²) in [6.07, 6.45) is 0. The molecule has 4 nitrogen and oxygen atoms in total. The van der Waals surface area contributed by atoms with Crippen molar-refractivity contribution in [2.24, 2.45) is 0 Å². The summed E-state index contributed by atoms with van der Waals surface area (Å²) in [6.45, 7) is 9.09. The second kappa shape index (κ2) is 6.18. The van der Waals surface area contributed by atoms with Gasteiger partial charge < -0.3 is 10.3 Å². The molecular formula is C18H22N2O2. The standard InChI is InChI=1S/C18H22N2O2/c1-10-6-8-15(9-7-10)12(3)20-18(22)17-11(2)16(14(5)21)13(4)19-17/h6-9,12,19H,1-5H3,(H,20,22). The lowest BCUT2D eigenvalue weighted by molar-refractivity contribution is 0.0934. The van der Waals surface area contributed by atoms with E-state index in [-0.39, 0.29) is 17.7 Å². The molecule has 1 aromatic heterocycles. The van der Waals surface area contributed by atoms with Gasteiger partial charge in [-0.25, -0.2) is 0 Å². The van der Waals surface area contributed by atoms with Crippen LogP contribution in [0.4, 0.5) is 0 Å². The van der Waals surface area contributed by atoms with Gasteiger partial charge in [-0.3, -0.25) is 9.59 Å². The van der Waals surface area contributed by atoms with Gasteiger partial charge in [0.05, 0.1) is 6.04 Å². The van der Waals surface area contributed by atoms with Gasteiger partial charge in [-0.1, -0.05) is 29.8 Å². The van der Waals surface area contributed by atoms with Crippen molar-refractivity contribution < 1.29 is 9.59 Å². The fourth-order valence-corrected chi connectivity index (χ4v) is 2.71. The van der Waals surface area contributed by atoms with Gasteiger partial charge >= 0.3 is 0 Å². The van der Waals surface area contributed by atoms with E-state index in [4.69, 9.17) is 0 Å². The lowest BCUT2D eigenvalue weighted by atomic mass is 10.0. The zero-order chi connectivity index (χ0) is 16.4. The summed E-state index contributed by atoms with van der Waals surface area (Å²) in [7, 11) is 0. The molecule has 0 aliphatic heterocycles. The van der Waals surface area contributed by atoms with Crippen molar-refractivity contribution in [2.75, 3.05) is 0 Å². The van der Waals surface area contributed by atoms with E-state index in [1.807, 2.05) is 45.0 Å². The summed E-state index contributed by atoms with van der Waals surface area (Å²) in [4.78, 5) is 27.1. The molecule has 2 N–H and O–H groups in total. The van der Waals surface area contributed by atoms with Crippen LogP contribution >= 0.6 is 0 Å². The third-order valence-electron chi connectivity index (χ3n) is 3.94. The molecule has 1 aromatic carbocycles. The van der Waals surface area contributed by atoms with E-state index in [9.17, 15) is 9.59 Å². The molecule has 1 amide bonds. The van der Waals surface area contributed by atoms with E-state index < -0.39 is 0 Å². The fourth-order valence-electron chi connectivity index (χ4n) is 2.71. The minimum absolute atomic E-state index is 0.0307. The summed E-state index contributed by atoms with van der Waals surface area (Å²) in [5.41, 5.74) is 4.74. The maximum atomic E-state index is 12.5. The number of carbonyl (C=O) groups is 2. The summed E-state index contributed by atoms with van der Waals surface area (Å²) < 4.78 is 0. The number of aryl methyl sites for hydroxylation is 2. The van der Waals surface area contributed by atoms with Crippen LogP contribution in [-0.2, 0) is 0 Å². The molecule has 0 saturated carbocycles. The molecule has 0 fully saturated rings. The molecule has 4 heteroatoms. The van der Waals surface area contributed by atoms with E-state index >= 15 is 0 Å². The van der Waals surface area contributed by atoms with Crippen molar-refractivity contribution in [3.05, 3.63) is 57.9 Å². The van der Waals surface area contributed by atoms with E-state index in [0.717, 1.165) is 11.3 Å². The van der Waals surface area contributed by atoms with Crippen LogP contribution in [-0.4, -0.2) is 16.7 Å². The Morgan fingerprint density at radius 3 is 2.18 bits per heavy atom. The number of hydrogen-bond acceptors (Lipinski definition) is 2. The van der Waals surface area contributed by atoms with Crippen molar-refractivity contribution in [2.45, 2.75) is 40.7 Å². The number of Topliss-reactive ketones (excluding diaryl/α,β-unsaturated/α-hetero) is 1. The van der Waals surface area contributed by atoms with Crippen LogP contribution in [0.3, 0.4) is 0 Å². The molecule has 1 unspecified atom stereocenters. The Morgan fingerprint density at radius 2 is 1.68 bits per heavy atom. The maximum Gasteiger partial charge on any atom is 0.268 e. The molecule has 2 rings (SSSR count). The lowest BCUT2D eigenvalue weighted by Crippen LogP contribution is -2.27. The molecular weight excluding hydrogens is 276 g/mol. The predicted molar refractivity (Wildman–Crippen MR) is 87.3 cm³/mol. The number of ketones is 1. The fraction of sp³-hybridized carbons (Fsp3) is 0.333. The number of aromatic nitrogens is 1. The van der Waals surface area contributed by atoms with Gasteiger partial charge in [-0.2, -0.15) is 0 Å². The smallest absolute Gasteiger partial charge is 0.268 e. The van der Waals surface area contributed by atoms with Crippen molar-refractivity contribution in [1.82, 2.24) is 10.3 Å². The highest BCUT2D eigenvalue weighted by molar-refractivity contribution is 6.02. The van der Waals surface area contributed by atoms with Gasteiger partial charge in [0.15, 0.2) is 5.78 Å². The quantitative estimate of drug-likeness (QED) is 0.847. The number of benzene rings is 1. The number of H-pyrrole nitrogens is 1. The first-order valence-electron chi connectivity index (χ1n) is 7.38. The second-order valence-corrected chi connectivity index (χ2v) is 5.79. The first kappa shape index (κ1) is 16.0. The normalized spacial score (nSPS) is 12.0. The number of nitrogens with one attached hydrogen (secondary N) is 2. The zero-order valence-electron chi connectivity index (χ0n) is 13.7. The summed E-state index contributed by atoms with van der Waals surface area (Å²) in [5.74, 6) is -0.224. The second-order valence-electron chi connectivity index (χ2n) is 5.79. The van der Waals surface area contributed by atoms with Gasteiger partial charge in [-0.05, 0) is 45.7 Å². The van der Waals surface area contributed by atoms with Crippen LogP contribution in [0.1, 0.15) is 63.1 Å². The highest BCUT2D eigenvalue weighted by atomic mass is 16.2. The topological polar surface area (TPSA) is 62.0 Å². The molecule has 0 bridgehead atoms. The van der Waals surface area contributed by atoms with Crippen LogP contribution < -0.4 is 5.32 Å². The van der Waals surface area contributed by atoms with Crippen molar-refractivity contribution in [3.8, 4) is 0 Å². The van der Waals surface area contributed by atoms with Crippen molar-refractivity contribution >= 4 is 11.7 Å². The Morgan fingerprint density at radius 1 is 1.09 bits per heavy atom. The molecule has 116 valence electrons. The molecule has 22 heavy (non-hydrogen) atoms. The van der Waals surface area contributed by atoms with Crippen LogP contribution in [0.15, 0.2) is 24.3 Å². The summed E-state index contributed by atoms with van der Waals surface area (Å²) >= 11 is 0. The van der Waals surface area contributed by atoms with E-state index in [0.29, 0.717) is 16.8 Å². The first-order valence-corrected chi connectivity index (χ1v) is 7.38. The molecule has 2 aromatic rings. The Kier molecular flexibility index (Phi) is 4.50. The molecule has 1 atom stereocenters. The number of hydrogen-bond donors (Lipinski definition) is 2. The van der Waals surface area contributed by atoms with Crippen LogP contribution in [0, 0.1) is 20.8 Å². The van der Waals surface area contributed by atoms with Crippen LogP contribution in [0.5, 0.6) is 0 Å². The average molecular weight is 298 g/mol. The minimum atomic E-state index is -0.193. The monoisotopic (exact) mass is 298 g/mol. The van der Waals surface area contributed by atoms with Crippen molar-refractivity contribution in [1.29, 1.82) is 0 Å². The molecule has 0 spiro atoms. The third-order valence-corrected chi connectivity index (χ3v) is 3.94. The minimum Gasteiger partial charge on any atom is -0.354 e. The first-order chi connectivity index (χ1) is 10.3. The zero-order valence-corrected chi connectivity index (χ0v) is 13.7. The SMILES string of the molecule is CC(=O)c1c(C)[nH]c(C(=O)NC(C)c2ccc(C)cc2)c1C. The number of carbonyl (C=O) groups excluding carboxylic acids is 2. The van der Waals surface area contributed by atoms with Crippen molar-refractivity contribution in [3.63, 3.8) is 0 Å². The summed E-state index contributed by atoms with van der Waals surface area (Å²) in [5, 5.41) is 2.97. The Labute approximate surface area is 130 Å². The molecule has 0 radical (unpaired) electrons. The van der Waals surface area contributed by atoms with Crippen LogP contribution in [0.2, 0.25) is 0 Å². The van der Waals surface area contributed by atoms with Crippen LogP contribution in [0.25, 0.3) is 0 Å². The van der Waals surface area contributed by atoms with Gasteiger partial charge in [0.2, 0.25) is 0 Å². The number of rotatable bonds is 4.